The molecule has 19 heavy (non-hydrogen) atoms. The van der Waals surface area contributed by atoms with E-state index in [4.69, 9.17) is 0 Å². The third kappa shape index (κ3) is 4.69. The lowest BCUT2D eigenvalue weighted by Crippen LogP contribution is -2.27. The molecular formula is C15H25N3S. The Kier molecular flexibility index (Phi) is 5.11. The highest BCUT2D eigenvalue weighted by atomic mass is 32.2. The van der Waals surface area contributed by atoms with E-state index in [2.05, 4.69) is 59.9 Å². The zero-order valence-corrected chi connectivity index (χ0v) is 13.1. The number of rotatable bonds is 4. The average Bonchev–Trinajstić information content (AvgIpc) is 2.52. The summed E-state index contributed by atoms with van der Waals surface area (Å²) in [6.07, 6.45) is 1.25. The van der Waals surface area contributed by atoms with Crippen LogP contribution in [0.15, 0.2) is 18.2 Å². The zero-order valence-electron chi connectivity index (χ0n) is 12.3. The molecule has 0 radical (unpaired) electrons. The van der Waals surface area contributed by atoms with Crippen molar-refractivity contribution in [1.29, 1.82) is 0 Å². The smallest absolute Gasteiger partial charge is 0.126 e. The van der Waals surface area contributed by atoms with Crippen molar-refractivity contribution in [2.24, 2.45) is 0 Å². The van der Waals surface area contributed by atoms with Crippen molar-refractivity contribution >= 4 is 17.6 Å². The number of hydrogen-bond donors (Lipinski definition) is 1. The average molecular weight is 279 g/mol. The number of thioether (sulfide) groups is 1. The van der Waals surface area contributed by atoms with Gasteiger partial charge in [-0.3, -0.25) is 4.90 Å². The van der Waals surface area contributed by atoms with Crippen LogP contribution in [-0.4, -0.2) is 40.0 Å². The number of nitrogens with one attached hydrogen (secondary N) is 1. The largest absolute Gasteiger partial charge is 0.370 e. The van der Waals surface area contributed by atoms with E-state index >= 15 is 0 Å². The fourth-order valence-electron chi connectivity index (χ4n) is 2.30. The molecule has 0 aromatic carbocycles. The van der Waals surface area contributed by atoms with Crippen LogP contribution in [-0.2, 0) is 6.54 Å². The van der Waals surface area contributed by atoms with Gasteiger partial charge in [0, 0.05) is 30.1 Å². The molecule has 2 rings (SSSR count). The molecule has 1 saturated heterocycles. The molecule has 1 fully saturated rings. The van der Waals surface area contributed by atoms with Crippen LogP contribution >= 0.6 is 11.8 Å². The SMILES string of the molecule is CCNc1cccc(CN2CCSC(C)(C)CC2)n1. The van der Waals surface area contributed by atoms with Crippen molar-refractivity contribution in [2.75, 3.05) is 30.7 Å². The molecule has 1 aliphatic heterocycles. The Morgan fingerprint density at radius 1 is 1.37 bits per heavy atom. The molecule has 0 atom stereocenters. The maximum absolute atomic E-state index is 4.66. The van der Waals surface area contributed by atoms with Crippen molar-refractivity contribution in [2.45, 2.75) is 38.5 Å². The number of hydrogen-bond acceptors (Lipinski definition) is 4. The van der Waals surface area contributed by atoms with Crippen molar-refractivity contribution in [1.82, 2.24) is 9.88 Å². The van der Waals surface area contributed by atoms with Crippen LogP contribution in [0.3, 0.4) is 0 Å². The van der Waals surface area contributed by atoms with Gasteiger partial charge in [0.15, 0.2) is 0 Å². The lowest BCUT2D eigenvalue weighted by Gasteiger charge is -2.22. The van der Waals surface area contributed by atoms with Crippen LogP contribution in [0.2, 0.25) is 0 Å². The minimum Gasteiger partial charge on any atom is -0.370 e. The molecule has 4 heteroatoms. The van der Waals surface area contributed by atoms with Crippen molar-refractivity contribution in [3.8, 4) is 0 Å². The maximum atomic E-state index is 4.66. The van der Waals surface area contributed by atoms with Crippen LogP contribution in [0.1, 0.15) is 32.9 Å². The van der Waals surface area contributed by atoms with Crippen molar-refractivity contribution in [3.05, 3.63) is 23.9 Å². The third-order valence-corrected chi connectivity index (χ3v) is 4.85. The van der Waals surface area contributed by atoms with Gasteiger partial charge >= 0.3 is 0 Å². The topological polar surface area (TPSA) is 28.2 Å². The number of anilines is 1. The first-order chi connectivity index (χ1) is 9.09. The Hall–Kier alpha value is -0.740. The van der Waals surface area contributed by atoms with Gasteiger partial charge in [-0.05, 0) is 32.0 Å². The van der Waals surface area contributed by atoms with Gasteiger partial charge in [-0.1, -0.05) is 19.9 Å². The van der Waals surface area contributed by atoms with Crippen LogP contribution in [0.5, 0.6) is 0 Å². The Morgan fingerprint density at radius 3 is 3.00 bits per heavy atom. The normalized spacial score (nSPS) is 19.9. The Balaban J connectivity index is 1.95. The van der Waals surface area contributed by atoms with Crippen LogP contribution < -0.4 is 5.32 Å². The molecule has 0 amide bonds. The van der Waals surface area contributed by atoms with Gasteiger partial charge in [0.05, 0.1) is 5.69 Å². The van der Waals surface area contributed by atoms with Crippen LogP contribution in [0.25, 0.3) is 0 Å². The molecule has 106 valence electrons. The van der Waals surface area contributed by atoms with E-state index in [1.165, 1.54) is 31.0 Å². The van der Waals surface area contributed by atoms with Gasteiger partial charge in [0.1, 0.15) is 5.82 Å². The van der Waals surface area contributed by atoms with Gasteiger partial charge in [-0.2, -0.15) is 11.8 Å². The quantitative estimate of drug-likeness (QED) is 0.916. The minimum absolute atomic E-state index is 0.424. The summed E-state index contributed by atoms with van der Waals surface area (Å²) in [5.41, 5.74) is 1.17. The fraction of sp³-hybridized carbons (Fsp3) is 0.667. The highest BCUT2D eigenvalue weighted by Gasteiger charge is 2.23. The number of pyridine rings is 1. The molecule has 1 aromatic heterocycles. The fourth-order valence-corrected chi connectivity index (χ4v) is 3.43. The lowest BCUT2D eigenvalue weighted by molar-refractivity contribution is 0.273. The molecule has 0 saturated carbocycles. The molecule has 0 spiro atoms. The summed E-state index contributed by atoms with van der Waals surface area (Å²) in [6.45, 7) is 11.0. The number of nitrogens with zero attached hydrogens (tertiary/aromatic N) is 2. The van der Waals surface area contributed by atoms with E-state index in [0.717, 1.165) is 18.9 Å². The highest BCUT2D eigenvalue weighted by molar-refractivity contribution is 8.00. The van der Waals surface area contributed by atoms with Crippen LogP contribution in [0.4, 0.5) is 5.82 Å². The minimum atomic E-state index is 0.424. The van der Waals surface area contributed by atoms with E-state index in [-0.39, 0.29) is 0 Å². The molecule has 3 nitrogen and oxygen atoms in total. The predicted molar refractivity (Wildman–Crippen MR) is 84.8 cm³/mol. The molecular weight excluding hydrogens is 254 g/mol. The molecule has 1 aromatic rings. The summed E-state index contributed by atoms with van der Waals surface area (Å²) >= 11 is 2.09. The monoisotopic (exact) mass is 279 g/mol. The third-order valence-electron chi connectivity index (χ3n) is 3.48. The Bertz CT molecular complexity index is 406. The van der Waals surface area contributed by atoms with Crippen molar-refractivity contribution < 1.29 is 0 Å². The second-order valence-electron chi connectivity index (χ2n) is 5.68. The van der Waals surface area contributed by atoms with Crippen molar-refractivity contribution in [3.63, 3.8) is 0 Å². The van der Waals surface area contributed by atoms with E-state index in [1.807, 2.05) is 6.07 Å². The first-order valence-corrected chi connectivity index (χ1v) is 8.14. The second-order valence-corrected chi connectivity index (χ2v) is 7.48. The summed E-state index contributed by atoms with van der Waals surface area (Å²) in [5, 5.41) is 3.28. The van der Waals surface area contributed by atoms with Gasteiger partial charge in [0.2, 0.25) is 0 Å². The second kappa shape index (κ2) is 6.62. The van der Waals surface area contributed by atoms with E-state index in [9.17, 15) is 0 Å². The molecule has 2 heterocycles. The maximum Gasteiger partial charge on any atom is 0.126 e. The number of aromatic nitrogens is 1. The molecule has 1 N–H and O–H groups in total. The summed E-state index contributed by atoms with van der Waals surface area (Å²) < 4.78 is 0.424. The van der Waals surface area contributed by atoms with Gasteiger partial charge < -0.3 is 5.32 Å². The summed E-state index contributed by atoms with van der Waals surface area (Å²) in [4.78, 5) is 7.19. The molecule has 0 bridgehead atoms. The predicted octanol–water partition coefficient (Wildman–Crippen LogP) is 3.23. The van der Waals surface area contributed by atoms with Gasteiger partial charge in [0.25, 0.3) is 0 Å². The van der Waals surface area contributed by atoms with Crippen LogP contribution in [0, 0.1) is 0 Å². The molecule has 0 unspecified atom stereocenters. The summed E-state index contributed by atoms with van der Waals surface area (Å²) in [7, 11) is 0. The molecule has 0 aliphatic carbocycles. The Morgan fingerprint density at radius 2 is 2.21 bits per heavy atom. The first-order valence-electron chi connectivity index (χ1n) is 7.15. The molecule has 1 aliphatic rings. The standard InChI is InChI=1S/C15H25N3S/c1-4-16-14-7-5-6-13(17-14)12-18-9-8-15(2,3)19-11-10-18/h5-7H,4,8-12H2,1-3H3,(H,16,17). The van der Waals surface area contributed by atoms with Gasteiger partial charge in [-0.15, -0.1) is 0 Å². The van der Waals surface area contributed by atoms with E-state index in [0.29, 0.717) is 4.75 Å². The summed E-state index contributed by atoms with van der Waals surface area (Å²) in [5.74, 6) is 2.21. The summed E-state index contributed by atoms with van der Waals surface area (Å²) in [6, 6.07) is 6.26. The van der Waals surface area contributed by atoms with E-state index < -0.39 is 0 Å². The first kappa shape index (κ1) is 14.7. The van der Waals surface area contributed by atoms with E-state index in [1.54, 1.807) is 0 Å². The van der Waals surface area contributed by atoms with Gasteiger partial charge in [-0.25, -0.2) is 4.98 Å². The highest BCUT2D eigenvalue weighted by Crippen LogP contribution is 2.30. The zero-order chi connectivity index (χ0) is 13.7. The Labute approximate surface area is 121 Å². The lowest BCUT2D eigenvalue weighted by atomic mass is 10.1.